The lowest BCUT2D eigenvalue weighted by atomic mass is 10.2. The molecular weight excluding hydrogens is 396 g/mol. The molecule has 2 unspecified atom stereocenters. The van der Waals surface area contributed by atoms with Crippen LogP contribution in [0.2, 0.25) is 0 Å². The van der Waals surface area contributed by atoms with Gasteiger partial charge in [0.25, 0.3) is 0 Å². The Morgan fingerprint density at radius 3 is 2.53 bits per heavy atom. The second kappa shape index (κ2) is 8.97. The van der Waals surface area contributed by atoms with E-state index < -0.39 is 0 Å². The first-order valence-corrected chi connectivity index (χ1v) is 11.2. The Morgan fingerprint density at radius 1 is 1.10 bits per heavy atom. The van der Waals surface area contributed by atoms with E-state index in [9.17, 15) is 0 Å². The summed E-state index contributed by atoms with van der Waals surface area (Å²) >= 11 is 1.61. The summed E-state index contributed by atoms with van der Waals surface area (Å²) in [6, 6.07) is 10.3. The van der Waals surface area contributed by atoms with Crippen molar-refractivity contribution in [3.8, 4) is 10.6 Å². The molecule has 7 nitrogen and oxygen atoms in total. The van der Waals surface area contributed by atoms with Crippen LogP contribution in [0.15, 0.2) is 36.5 Å². The molecule has 30 heavy (non-hydrogen) atoms. The Labute approximate surface area is 181 Å². The molecular formula is C22H28N6OS. The van der Waals surface area contributed by atoms with Crippen LogP contribution in [0.5, 0.6) is 0 Å². The standard InChI is InChI=1S/C22H28N6OS/c1-5-23-22-25-16(4)20(30-22)19-10-11-24-21(27-19)26-17-6-8-18(9-7-17)28-12-14(2)29-15(3)13-28/h6-11,14-15H,5,12-13H2,1-4H3,(H,23,25)(H,24,26,27). The number of aryl methyl sites for hydroxylation is 1. The molecule has 1 aliphatic heterocycles. The number of hydrogen-bond donors (Lipinski definition) is 2. The quantitative estimate of drug-likeness (QED) is 0.594. The first kappa shape index (κ1) is 20.6. The lowest BCUT2D eigenvalue weighted by Gasteiger charge is -2.36. The summed E-state index contributed by atoms with van der Waals surface area (Å²) in [6.07, 6.45) is 2.26. The SMILES string of the molecule is CCNc1nc(C)c(-c2ccnc(Nc3ccc(N4CC(C)OC(C)C4)cc3)n2)s1. The fourth-order valence-electron chi connectivity index (χ4n) is 3.68. The minimum absolute atomic E-state index is 0.242. The Kier molecular flexibility index (Phi) is 6.15. The van der Waals surface area contributed by atoms with Crippen molar-refractivity contribution in [3.05, 3.63) is 42.2 Å². The van der Waals surface area contributed by atoms with E-state index in [1.165, 1.54) is 5.69 Å². The van der Waals surface area contributed by atoms with E-state index in [1.807, 2.05) is 13.0 Å². The van der Waals surface area contributed by atoms with Gasteiger partial charge < -0.3 is 20.3 Å². The van der Waals surface area contributed by atoms with Gasteiger partial charge in [0.2, 0.25) is 5.95 Å². The minimum Gasteiger partial charge on any atom is -0.372 e. The van der Waals surface area contributed by atoms with Gasteiger partial charge >= 0.3 is 0 Å². The van der Waals surface area contributed by atoms with E-state index >= 15 is 0 Å². The van der Waals surface area contributed by atoms with Crippen molar-refractivity contribution in [1.29, 1.82) is 0 Å². The summed E-state index contributed by atoms with van der Waals surface area (Å²) in [7, 11) is 0. The molecule has 3 aromatic rings. The van der Waals surface area contributed by atoms with Crippen LogP contribution < -0.4 is 15.5 Å². The molecule has 2 aromatic heterocycles. The molecule has 1 saturated heterocycles. The predicted molar refractivity (Wildman–Crippen MR) is 124 cm³/mol. The average molecular weight is 425 g/mol. The lowest BCUT2D eigenvalue weighted by Crippen LogP contribution is -2.45. The van der Waals surface area contributed by atoms with E-state index in [0.29, 0.717) is 5.95 Å². The zero-order valence-corrected chi connectivity index (χ0v) is 18.7. The van der Waals surface area contributed by atoms with Crippen LogP contribution in [-0.4, -0.2) is 46.8 Å². The van der Waals surface area contributed by atoms with Gasteiger partial charge in [-0.1, -0.05) is 11.3 Å². The van der Waals surface area contributed by atoms with Crippen molar-refractivity contribution in [2.75, 3.05) is 35.2 Å². The van der Waals surface area contributed by atoms with Gasteiger partial charge in [-0.2, -0.15) is 0 Å². The van der Waals surface area contributed by atoms with Crippen LogP contribution >= 0.6 is 11.3 Å². The number of benzene rings is 1. The van der Waals surface area contributed by atoms with E-state index in [2.05, 4.69) is 70.5 Å². The van der Waals surface area contributed by atoms with Gasteiger partial charge in [0, 0.05) is 37.2 Å². The maximum atomic E-state index is 5.83. The van der Waals surface area contributed by atoms with Crippen LogP contribution in [0.4, 0.5) is 22.5 Å². The lowest BCUT2D eigenvalue weighted by molar-refractivity contribution is -0.00521. The molecule has 8 heteroatoms. The highest BCUT2D eigenvalue weighted by Gasteiger charge is 2.22. The molecule has 0 aliphatic carbocycles. The third kappa shape index (κ3) is 4.71. The smallest absolute Gasteiger partial charge is 0.227 e. The molecule has 158 valence electrons. The van der Waals surface area contributed by atoms with Gasteiger partial charge in [-0.3, -0.25) is 0 Å². The van der Waals surface area contributed by atoms with Gasteiger partial charge in [-0.15, -0.1) is 0 Å². The third-order valence-corrected chi connectivity index (χ3v) is 6.06. The van der Waals surface area contributed by atoms with Crippen LogP contribution in [-0.2, 0) is 4.74 Å². The van der Waals surface area contributed by atoms with Gasteiger partial charge in [0.1, 0.15) is 0 Å². The molecule has 0 bridgehead atoms. The topological polar surface area (TPSA) is 75.2 Å². The monoisotopic (exact) mass is 424 g/mol. The number of ether oxygens (including phenoxy) is 1. The van der Waals surface area contributed by atoms with E-state index in [1.54, 1.807) is 17.5 Å². The summed E-state index contributed by atoms with van der Waals surface area (Å²) < 4.78 is 5.83. The fourth-order valence-corrected chi connectivity index (χ4v) is 4.68. The number of nitrogens with zero attached hydrogens (tertiary/aromatic N) is 4. The van der Waals surface area contributed by atoms with E-state index in [-0.39, 0.29) is 12.2 Å². The van der Waals surface area contributed by atoms with Crippen LogP contribution in [0.25, 0.3) is 10.6 Å². The molecule has 1 aliphatic rings. The van der Waals surface area contributed by atoms with Gasteiger partial charge in [0.15, 0.2) is 5.13 Å². The van der Waals surface area contributed by atoms with E-state index in [4.69, 9.17) is 9.72 Å². The number of thiazole rings is 1. The number of morpholine rings is 1. The zero-order valence-electron chi connectivity index (χ0n) is 17.8. The second-order valence-corrected chi connectivity index (χ2v) is 8.56. The molecule has 0 saturated carbocycles. The average Bonchev–Trinajstić information content (AvgIpc) is 3.08. The van der Waals surface area contributed by atoms with Crippen LogP contribution in [0.3, 0.4) is 0 Å². The van der Waals surface area contributed by atoms with Crippen molar-refractivity contribution >= 4 is 33.8 Å². The first-order chi connectivity index (χ1) is 14.5. The van der Waals surface area contributed by atoms with Crippen LogP contribution in [0.1, 0.15) is 26.5 Å². The summed E-state index contributed by atoms with van der Waals surface area (Å²) in [6.45, 7) is 11.0. The number of hydrogen-bond acceptors (Lipinski definition) is 8. The van der Waals surface area contributed by atoms with Gasteiger partial charge in [0.05, 0.1) is 28.5 Å². The molecule has 3 heterocycles. The van der Waals surface area contributed by atoms with Crippen molar-refractivity contribution in [2.24, 2.45) is 0 Å². The van der Waals surface area contributed by atoms with E-state index in [0.717, 1.165) is 46.7 Å². The van der Waals surface area contributed by atoms with Crippen molar-refractivity contribution < 1.29 is 4.74 Å². The molecule has 2 atom stereocenters. The summed E-state index contributed by atoms with van der Waals surface area (Å²) in [5.41, 5.74) is 4.01. The first-order valence-electron chi connectivity index (χ1n) is 10.3. The predicted octanol–water partition coefficient (Wildman–Crippen LogP) is 4.70. The number of aromatic nitrogens is 3. The molecule has 1 aromatic carbocycles. The summed E-state index contributed by atoms with van der Waals surface area (Å²) in [5.74, 6) is 0.576. The number of rotatable bonds is 6. The Bertz CT molecular complexity index is 980. The van der Waals surface area contributed by atoms with Crippen molar-refractivity contribution in [2.45, 2.75) is 39.9 Å². The zero-order chi connectivity index (χ0) is 21.1. The third-order valence-electron chi connectivity index (χ3n) is 4.92. The highest BCUT2D eigenvalue weighted by molar-refractivity contribution is 7.19. The Balaban J connectivity index is 1.48. The number of nitrogens with one attached hydrogen (secondary N) is 2. The number of anilines is 4. The largest absolute Gasteiger partial charge is 0.372 e. The van der Waals surface area contributed by atoms with Gasteiger partial charge in [-0.25, -0.2) is 15.0 Å². The maximum absolute atomic E-state index is 5.83. The fraction of sp³-hybridized carbons (Fsp3) is 0.409. The van der Waals surface area contributed by atoms with Crippen molar-refractivity contribution in [3.63, 3.8) is 0 Å². The Hall–Kier alpha value is -2.71. The molecule has 0 spiro atoms. The molecule has 4 rings (SSSR count). The van der Waals surface area contributed by atoms with Gasteiger partial charge in [-0.05, 0) is 58.0 Å². The summed E-state index contributed by atoms with van der Waals surface area (Å²) in [4.78, 5) is 17.1. The van der Waals surface area contributed by atoms with Crippen LogP contribution in [0, 0.1) is 6.92 Å². The molecule has 1 fully saturated rings. The molecule has 0 radical (unpaired) electrons. The Morgan fingerprint density at radius 2 is 1.83 bits per heavy atom. The second-order valence-electron chi connectivity index (χ2n) is 7.56. The highest BCUT2D eigenvalue weighted by Crippen LogP contribution is 2.32. The minimum atomic E-state index is 0.242. The molecule has 0 amide bonds. The highest BCUT2D eigenvalue weighted by atomic mass is 32.1. The normalized spacial score (nSPS) is 19.0. The summed E-state index contributed by atoms with van der Waals surface area (Å²) in [5, 5.41) is 7.50. The molecule has 2 N–H and O–H groups in total. The van der Waals surface area contributed by atoms with Crippen molar-refractivity contribution in [1.82, 2.24) is 15.0 Å². The maximum Gasteiger partial charge on any atom is 0.227 e.